The molecular weight excluding hydrogens is 314 g/mol. The van der Waals surface area contributed by atoms with Crippen molar-refractivity contribution in [2.24, 2.45) is 4.99 Å². The molecule has 1 fully saturated rings. The van der Waals surface area contributed by atoms with E-state index in [1.807, 2.05) is 0 Å². The monoisotopic (exact) mass is 340 g/mol. The topological polar surface area (TPSA) is 48.9 Å². The van der Waals surface area contributed by atoms with Crippen LogP contribution in [0.3, 0.4) is 0 Å². The average molecular weight is 340 g/mol. The number of nitrogens with zero attached hydrogens (tertiary/aromatic N) is 2. The highest BCUT2D eigenvalue weighted by Crippen LogP contribution is 2.25. The third kappa shape index (κ3) is 6.05. The van der Waals surface area contributed by atoms with Crippen molar-refractivity contribution in [3.05, 3.63) is 35.4 Å². The third-order valence-electron chi connectivity index (χ3n) is 4.02. The summed E-state index contributed by atoms with van der Waals surface area (Å²) in [7, 11) is 3.36. The summed E-state index contributed by atoms with van der Waals surface area (Å²) >= 11 is 0. The van der Waals surface area contributed by atoms with Crippen molar-refractivity contribution in [2.75, 3.05) is 40.4 Å². The summed E-state index contributed by atoms with van der Waals surface area (Å²) in [5.41, 5.74) is 0.276. The molecule has 0 unspecified atom stereocenters. The maximum Gasteiger partial charge on any atom is 0.191 e. The van der Waals surface area contributed by atoms with Crippen LogP contribution in [0.5, 0.6) is 0 Å². The summed E-state index contributed by atoms with van der Waals surface area (Å²) in [6.07, 6.45) is 2.49. The Hall–Kier alpha value is -1.73. The van der Waals surface area contributed by atoms with E-state index in [0.29, 0.717) is 12.0 Å². The van der Waals surface area contributed by atoms with E-state index in [1.54, 1.807) is 14.2 Å². The Morgan fingerprint density at radius 1 is 1.29 bits per heavy atom. The van der Waals surface area contributed by atoms with Gasteiger partial charge >= 0.3 is 0 Å². The second kappa shape index (κ2) is 9.54. The summed E-state index contributed by atoms with van der Waals surface area (Å²) in [4.78, 5) is 6.51. The van der Waals surface area contributed by atoms with Gasteiger partial charge in [-0.25, -0.2) is 8.78 Å². The van der Waals surface area contributed by atoms with Gasteiger partial charge in [0.05, 0.1) is 6.61 Å². The van der Waals surface area contributed by atoms with Gasteiger partial charge in [0.25, 0.3) is 0 Å². The van der Waals surface area contributed by atoms with Crippen molar-refractivity contribution < 1.29 is 13.5 Å². The number of nitrogens with one attached hydrogen (secondary N) is 2. The van der Waals surface area contributed by atoms with Gasteiger partial charge in [-0.3, -0.25) is 9.89 Å². The molecule has 0 spiro atoms. The van der Waals surface area contributed by atoms with Crippen molar-refractivity contribution in [1.29, 1.82) is 0 Å². The maximum atomic E-state index is 13.6. The number of rotatable bonds is 9. The molecule has 1 saturated carbocycles. The molecule has 1 aliphatic carbocycles. The van der Waals surface area contributed by atoms with Crippen LogP contribution in [0.2, 0.25) is 0 Å². The summed E-state index contributed by atoms with van der Waals surface area (Å²) in [6, 6.07) is 4.10. The van der Waals surface area contributed by atoms with Crippen molar-refractivity contribution >= 4 is 5.96 Å². The van der Waals surface area contributed by atoms with Gasteiger partial charge in [0, 0.05) is 51.9 Å². The Balaban J connectivity index is 1.74. The van der Waals surface area contributed by atoms with Crippen LogP contribution in [-0.4, -0.2) is 57.3 Å². The van der Waals surface area contributed by atoms with E-state index >= 15 is 0 Å². The minimum Gasteiger partial charge on any atom is -0.383 e. The lowest BCUT2D eigenvalue weighted by Gasteiger charge is -2.22. The zero-order chi connectivity index (χ0) is 17.4. The van der Waals surface area contributed by atoms with Crippen LogP contribution in [0.15, 0.2) is 23.2 Å². The minimum atomic E-state index is -0.450. The van der Waals surface area contributed by atoms with Gasteiger partial charge in [0.2, 0.25) is 0 Å². The van der Waals surface area contributed by atoms with Crippen LogP contribution in [-0.2, 0) is 11.3 Å². The Morgan fingerprint density at radius 3 is 2.75 bits per heavy atom. The maximum absolute atomic E-state index is 13.6. The van der Waals surface area contributed by atoms with Crippen LogP contribution < -0.4 is 10.6 Å². The fourth-order valence-electron chi connectivity index (χ4n) is 2.52. The predicted molar refractivity (Wildman–Crippen MR) is 91.0 cm³/mol. The summed E-state index contributed by atoms with van der Waals surface area (Å²) in [5, 5.41) is 6.21. The van der Waals surface area contributed by atoms with Gasteiger partial charge in [-0.2, -0.15) is 0 Å². The Morgan fingerprint density at radius 2 is 2.08 bits per heavy atom. The van der Waals surface area contributed by atoms with Crippen molar-refractivity contribution in [3.63, 3.8) is 0 Å². The number of methoxy groups -OCH3 is 1. The number of hydrogen-bond donors (Lipinski definition) is 2. The van der Waals surface area contributed by atoms with E-state index in [9.17, 15) is 8.78 Å². The molecule has 5 nitrogen and oxygen atoms in total. The van der Waals surface area contributed by atoms with E-state index in [2.05, 4.69) is 20.5 Å². The standard InChI is InChI=1S/C17H26F2N4O/c1-20-17(22-12-13-11-14(18)3-6-16(13)19)21-7-8-23(9-10-24-2)15-4-5-15/h3,6,11,15H,4-5,7-10,12H2,1-2H3,(H2,20,21,22). The van der Waals surface area contributed by atoms with Crippen LogP contribution in [0.4, 0.5) is 8.78 Å². The van der Waals surface area contributed by atoms with Gasteiger partial charge in [0.1, 0.15) is 11.6 Å². The molecule has 7 heteroatoms. The average Bonchev–Trinajstić information content (AvgIpc) is 3.41. The molecule has 1 aromatic carbocycles. The number of halogens is 2. The van der Waals surface area contributed by atoms with Crippen molar-refractivity contribution in [2.45, 2.75) is 25.4 Å². The number of aliphatic imine (C=N–C) groups is 1. The minimum absolute atomic E-state index is 0.180. The molecule has 0 aliphatic heterocycles. The first-order chi connectivity index (χ1) is 11.6. The van der Waals surface area contributed by atoms with Crippen LogP contribution in [0.25, 0.3) is 0 Å². The molecule has 0 heterocycles. The third-order valence-corrected chi connectivity index (χ3v) is 4.02. The number of ether oxygens (including phenoxy) is 1. The normalized spacial score (nSPS) is 15.0. The molecule has 1 aliphatic rings. The molecule has 0 radical (unpaired) electrons. The Kier molecular flexibility index (Phi) is 7.39. The first-order valence-electron chi connectivity index (χ1n) is 8.25. The van der Waals surface area contributed by atoms with E-state index in [4.69, 9.17) is 4.74 Å². The lowest BCUT2D eigenvalue weighted by molar-refractivity contribution is 0.144. The summed E-state index contributed by atoms with van der Waals surface area (Å²) in [6.45, 7) is 3.44. The quantitative estimate of drug-likeness (QED) is 0.531. The van der Waals surface area contributed by atoms with Crippen molar-refractivity contribution in [3.8, 4) is 0 Å². The van der Waals surface area contributed by atoms with Crippen LogP contribution in [0.1, 0.15) is 18.4 Å². The van der Waals surface area contributed by atoms with Gasteiger partial charge in [-0.15, -0.1) is 0 Å². The lowest BCUT2D eigenvalue weighted by Crippen LogP contribution is -2.42. The SMILES string of the molecule is CN=C(NCCN(CCOC)C1CC1)NCc1cc(F)ccc1F. The van der Waals surface area contributed by atoms with Gasteiger partial charge in [-0.05, 0) is 31.0 Å². The number of guanidine groups is 1. The van der Waals surface area contributed by atoms with E-state index in [1.165, 1.54) is 18.9 Å². The Labute approximate surface area is 142 Å². The summed E-state index contributed by atoms with van der Waals surface area (Å²) in [5.74, 6) is -0.311. The molecule has 0 bridgehead atoms. The van der Waals surface area contributed by atoms with Crippen LogP contribution in [0, 0.1) is 11.6 Å². The molecule has 0 saturated heterocycles. The molecule has 0 aromatic heterocycles. The molecule has 0 amide bonds. The molecule has 2 N–H and O–H groups in total. The summed E-state index contributed by atoms with van der Waals surface area (Å²) < 4.78 is 31.9. The van der Waals surface area contributed by atoms with Crippen LogP contribution >= 0.6 is 0 Å². The zero-order valence-corrected chi connectivity index (χ0v) is 14.3. The first kappa shape index (κ1) is 18.6. The van der Waals surface area contributed by atoms with Gasteiger partial charge < -0.3 is 15.4 Å². The van der Waals surface area contributed by atoms with Gasteiger partial charge in [-0.1, -0.05) is 0 Å². The van der Waals surface area contributed by atoms with E-state index < -0.39 is 11.6 Å². The van der Waals surface area contributed by atoms with E-state index in [0.717, 1.165) is 38.4 Å². The molecule has 0 atom stereocenters. The molecular formula is C17H26F2N4O. The number of benzene rings is 1. The molecule has 24 heavy (non-hydrogen) atoms. The molecule has 1 aromatic rings. The lowest BCUT2D eigenvalue weighted by atomic mass is 10.2. The second-order valence-corrected chi connectivity index (χ2v) is 5.85. The fraction of sp³-hybridized carbons (Fsp3) is 0.588. The van der Waals surface area contributed by atoms with Gasteiger partial charge in [0.15, 0.2) is 5.96 Å². The highest BCUT2D eigenvalue weighted by atomic mass is 19.1. The van der Waals surface area contributed by atoms with Crippen molar-refractivity contribution in [1.82, 2.24) is 15.5 Å². The largest absolute Gasteiger partial charge is 0.383 e. The second-order valence-electron chi connectivity index (χ2n) is 5.85. The predicted octanol–water partition coefficient (Wildman–Crippen LogP) is 1.74. The highest BCUT2D eigenvalue weighted by molar-refractivity contribution is 5.79. The number of hydrogen-bond acceptors (Lipinski definition) is 3. The smallest absolute Gasteiger partial charge is 0.191 e. The molecule has 134 valence electrons. The van der Waals surface area contributed by atoms with E-state index in [-0.39, 0.29) is 12.1 Å². The first-order valence-corrected chi connectivity index (χ1v) is 8.25. The highest BCUT2D eigenvalue weighted by Gasteiger charge is 2.28. The Bertz CT molecular complexity index is 549. The fourth-order valence-corrected chi connectivity index (χ4v) is 2.52. The molecule has 2 rings (SSSR count). The zero-order valence-electron chi connectivity index (χ0n) is 14.3.